The van der Waals surface area contributed by atoms with E-state index in [9.17, 15) is 13.2 Å². The molecule has 1 aromatic carbocycles. The van der Waals surface area contributed by atoms with Crippen LogP contribution in [0.5, 0.6) is 0 Å². The van der Waals surface area contributed by atoms with Crippen molar-refractivity contribution in [1.29, 1.82) is 0 Å². The average Bonchev–Trinajstić information content (AvgIpc) is 3.40. The molecule has 7 nitrogen and oxygen atoms in total. The molecule has 0 aliphatic carbocycles. The number of benzene rings is 1. The van der Waals surface area contributed by atoms with Crippen LogP contribution < -0.4 is 0 Å². The maximum atomic E-state index is 12.7. The molecule has 1 aliphatic heterocycles. The van der Waals surface area contributed by atoms with Gasteiger partial charge in [-0.2, -0.15) is 4.31 Å². The first-order valence-electron chi connectivity index (χ1n) is 9.40. The van der Waals surface area contributed by atoms with Crippen molar-refractivity contribution in [3.05, 3.63) is 41.8 Å². The first kappa shape index (κ1) is 20.4. The van der Waals surface area contributed by atoms with Crippen LogP contribution >= 0.6 is 23.1 Å². The number of hydrogen-bond donors (Lipinski definition) is 0. The first-order valence-corrected chi connectivity index (χ1v) is 12.7. The normalized spacial score (nSPS) is 15.8. The smallest absolute Gasteiger partial charge is 0.252 e. The fourth-order valence-electron chi connectivity index (χ4n) is 3.40. The predicted molar refractivity (Wildman–Crippen MR) is 116 cm³/mol. The van der Waals surface area contributed by atoms with Crippen LogP contribution in [-0.4, -0.2) is 65.0 Å². The Morgan fingerprint density at radius 2 is 1.90 bits per heavy atom. The zero-order chi connectivity index (χ0) is 20.4. The molecule has 10 heteroatoms. The standard InChI is InChI=1S/C19H22N4O3S3/c1-2-23-16-7-4-3-6-15(16)20-19(23)28-14-17(24)21-9-11-22(12-10-21)29(25,26)18-8-5-13-27-18/h3-8,13H,2,9-12,14H2,1H3. The molecule has 0 atom stereocenters. The minimum absolute atomic E-state index is 0.0119. The molecule has 29 heavy (non-hydrogen) atoms. The van der Waals surface area contributed by atoms with Crippen LogP contribution in [0.25, 0.3) is 11.0 Å². The molecule has 1 aliphatic rings. The van der Waals surface area contributed by atoms with Gasteiger partial charge in [0.15, 0.2) is 5.16 Å². The molecule has 0 unspecified atom stereocenters. The van der Waals surface area contributed by atoms with Gasteiger partial charge in [0, 0.05) is 32.7 Å². The zero-order valence-corrected chi connectivity index (χ0v) is 18.5. The van der Waals surface area contributed by atoms with E-state index in [1.807, 2.05) is 24.3 Å². The first-order chi connectivity index (χ1) is 14.0. The molecule has 3 aromatic rings. The summed E-state index contributed by atoms with van der Waals surface area (Å²) in [5.74, 6) is 0.305. The highest BCUT2D eigenvalue weighted by Gasteiger charge is 2.30. The van der Waals surface area contributed by atoms with Gasteiger partial charge in [0.2, 0.25) is 5.91 Å². The van der Waals surface area contributed by atoms with Crippen molar-refractivity contribution in [2.24, 2.45) is 0 Å². The van der Waals surface area contributed by atoms with E-state index in [2.05, 4.69) is 16.5 Å². The Morgan fingerprint density at radius 3 is 2.59 bits per heavy atom. The minimum Gasteiger partial charge on any atom is -0.339 e. The fourth-order valence-corrected chi connectivity index (χ4v) is 6.95. The number of carbonyl (C=O) groups excluding carboxylic acids is 1. The molecule has 0 N–H and O–H groups in total. The highest BCUT2D eigenvalue weighted by Crippen LogP contribution is 2.25. The lowest BCUT2D eigenvalue weighted by molar-refractivity contribution is -0.129. The molecule has 0 bridgehead atoms. The van der Waals surface area contributed by atoms with Gasteiger partial charge < -0.3 is 9.47 Å². The van der Waals surface area contributed by atoms with Gasteiger partial charge >= 0.3 is 0 Å². The predicted octanol–water partition coefficient (Wildman–Crippen LogP) is 2.74. The molecule has 154 valence electrons. The van der Waals surface area contributed by atoms with E-state index in [0.717, 1.165) is 22.7 Å². The summed E-state index contributed by atoms with van der Waals surface area (Å²) in [4.78, 5) is 19.1. The third kappa shape index (κ3) is 4.07. The number of piperazine rings is 1. The molecule has 1 fully saturated rings. The van der Waals surface area contributed by atoms with E-state index in [1.165, 1.54) is 27.4 Å². The molecule has 2 aromatic heterocycles. The number of hydrogen-bond acceptors (Lipinski definition) is 6. The van der Waals surface area contributed by atoms with Gasteiger partial charge in [0.05, 0.1) is 16.8 Å². The van der Waals surface area contributed by atoms with Gasteiger partial charge in [-0.15, -0.1) is 11.3 Å². The number of aromatic nitrogens is 2. The van der Waals surface area contributed by atoms with E-state index in [-0.39, 0.29) is 5.91 Å². The van der Waals surface area contributed by atoms with E-state index in [1.54, 1.807) is 22.4 Å². The molecular formula is C19H22N4O3S3. The number of nitrogens with zero attached hydrogens (tertiary/aromatic N) is 4. The lowest BCUT2D eigenvalue weighted by Crippen LogP contribution is -2.50. The summed E-state index contributed by atoms with van der Waals surface area (Å²) in [7, 11) is -3.45. The lowest BCUT2D eigenvalue weighted by Gasteiger charge is -2.33. The number of thioether (sulfide) groups is 1. The summed E-state index contributed by atoms with van der Waals surface area (Å²) in [6, 6.07) is 11.3. The Balaban J connectivity index is 1.36. The molecule has 3 heterocycles. The maximum Gasteiger partial charge on any atom is 0.252 e. The summed E-state index contributed by atoms with van der Waals surface area (Å²) in [5, 5.41) is 2.59. The quantitative estimate of drug-likeness (QED) is 0.540. The highest BCUT2D eigenvalue weighted by atomic mass is 32.2. The van der Waals surface area contributed by atoms with Gasteiger partial charge in [0.25, 0.3) is 10.0 Å². The summed E-state index contributed by atoms with van der Waals surface area (Å²) in [6.07, 6.45) is 0. The van der Waals surface area contributed by atoms with Crippen LogP contribution in [-0.2, 0) is 21.4 Å². The molecule has 1 saturated heterocycles. The minimum atomic E-state index is -3.45. The van der Waals surface area contributed by atoms with Crippen molar-refractivity contribution in [2.75, 3.05) is 31.9 Å². The Kier molecular flexibility index (Phi) is 5.95. The van der Waals surface area contributed by atoms with E-state index < -0.39 is 10.0 Å². The van der Waals surface area contributed by atoms with E-state index >= 15 is 0 Å². The van der Waals surface area contributed by atoms with Gasteiger partial charge in [-0.25, -0.2) is 13.4 Å². The number of carbonyl (C=O) groups is 1. The van der Waals surface area contributed by atoms with Gasteiger partial charge in [-0.1, -0.05) is 30.0 Å². The monoisotopic (exact) mass is 450 g/mol. The number of imidazole rings is 1. The van der Waals surface area contributed by atoms with Crippen molar-refractivity contribution in [2.45, 2.75) is 22.8 Å². The molecule has 0 radical (unpaired) electrons. The number of amides is 1. The second kappa shape index (κ2) is 8.47. The number of rotatable bonds is 6. The third-order valence-electron chi connectivity index (χ3n) is 4.94. The number of sulfonamides is 1. The Hall–Kier alpha value is -1.88. The molecule has 1 amide bonds. The third-order valence-corrected chi connectivity index (χ3v) is 9.17. The van der Waals surface area contributed by atoms with E-state index in [0.29, 0.717) is 36.1 Å². The van der Waals surface area contributed by atoms with Gasteiger partial charge in [-0.05, 0) is 30.5 Å². The Labute approximate surface area is 178 Å². The van der Waals surface area contributed by atoms with Crippen LogP contribution in [0.15, 0.2) is 51.1 Å². The summed E-state index contributed by atoms with van der Waals surface area (Å²) < 4.78 is 29.1. The molecule has 4 rings (SSSR count). The van der Waals surface area contributed by atoms with Crippen molar-refractivity contribution < 1.29 is 13.2 Å². The SMILES string of the molecule is CCn1c(SCC(=O)N2CCN(S(=O)(=O)c3cccs3)CC2)nc2ccccc21. The summed E-state index contributed by atoms with van der Waals surface area (Å²) >= 11 is 2.65. The Bertz CT molecular complexity index is 1100. The number of fused-ring (bicyclic) bond motifs is 1. The van der Waals surface area contributed by atoms with Crippen molar-refractivity contribution >= 4 is 50.1 Å². The number of thiophene rings is 1. The lowest BCUT2D eigenvalue weighted by atomic mass is 10.3. The van der Waals surface area contributed by atoms with Crippen LogP contribution in [0.2, 0.25) is 0 Å². The number of para-hydroxylation sites is 2. The van der Waals surface area contributed by atoms with Crippen LogP contribution in [0.3, 0.4) is 0 Å². The van der Waals surface area contributed by atoms with Gasteiger partial charge in [-0.3, -0.25) is 4.79 Å². The van der Waals surface area contributed by atoms with Crippen molar-refractivity contribution in [1.82, 2.24) is 18.8 Å². The van der Waals surface area contributed by atoms with Crippen molar-refractivity contribution in [3.8, 4) is 0 Å². The zero-order valence-electron chi connectivity index (χ0n) is 16.0. The second-order valence-corrected chi connectivity index (χ2v) is 10.7. The fraction of sp³-hybridized carbons (Fsp3) is 0.368. The molecule has 0 saturated carbocycles. The molecule has 0 spiro atoms. The van der Waals surface area contributed by atoms with Crippen LogP contribution in [0.4, 0.5) is 0 Å². The van der Waals surface area contributed by atoms with Crippen LogP contribution in [0, 0.1) is 0 Å². The van der Waals surface area contributed by atoms with Crippen molar-refractivity contribution in [3.63, 3.8) is 0 Å². The Morgan fingerprint density at radius 1 is 1.14 bits per heavy atom. The average molecular weight is 451 g/mol. The second-order valence-electron chi connectivity index (χ2n) is 6.63. The largest absolute Gasteiger partial charge is 0.339 e. The van der Waals surface area contributed by atoms with Gasteiger partial charge in [0.1, 0.15) is 4.21 Å². The summed E-state index contributed by atoms with van der Waals surface area (Å²) in [5.41, 5.74) is 1.99. The topological polar surface area (TPSA) is 75.5 Å². The maximum absolute atomic E-state index is 12.7. The van der Waals surface area contributed by atoms with E-state index in [4.69, 9.17) is 0 Å². The molecular weight excluding hydrogens is 428 g/mol. The highest BCUT2D eigenvalue weighted by molar-refractivity contribution is 7.99. The summed E-state index contributed by atoms with van der Waals surface area (Å²) in [6.45, 7) is 4.32. The van der Waals surface area contributed by atoms with Crippen LogP contribution in [0.1, 0.15) is 6.92 Å². The number of aryl methyl sites for hydroxylation is 1.